The Hall–Kier alpha value is -2.87. The van der Waals surface area contributed by atoms with Gasteiger partial charge >= 0.3 is 5.97 Å². The summed E-state index contributed by atoms with van der Waals surface area (Å²) >= 11 is 1.08. The Bertz CT molecular complexity index is 825. The van der Waals surface area contributed by atoms with Gasteiger partial charge in [-0.2, -0.15) is 0 Å². The maximum Gasteiger partial charge on any atom is 0.319 e. The summed E-state index contributed by atoms with van der Waals surface area (Å²) < 4.78 is 17.8. The van der Waals surface area contributed by atoms with Crippen molar-refractivity contribution in [2.45, 2.75) is 19.1 Å². The molecule has 0 radical (unpaired) electrons. The van der Waals surface area contributed by atoms with E-state index in [9.17, 15) is 18.8 Å². The first kappa shape index (κ1) is 21.4. The van der Waals surface area contributed by atoms with Crippen molar-refractivity contribution in [1.82, 2.24) is 0 Å². The number of nitrogens with one attached hydrogen (secondary N) is 2. The number of anilines is 2. The van der Waals surface area contributed by atoms with Gasteiger partial charge in [0.1, 0.15) is 11.1 Å². The standard InChI is InChI=1S/C20H21FN2O4S/c1-13-3-7-16(8-4-13)22-18(24)11-27-20(26)14(2)28-12-19(25)23-17-9-5-15(21)6-10-17/h3-10,14H,11-12H2,1-2H3,(H,22,24)(H,23,25). The minimum Gasteiger partial charge on any atom is -0.455 e. The third-order valence-electron chi connectivity index (χ3n) is 3.61. The quantitative estimate of drug-likeness (QED) is 0.659. The molecule has 2 aromatic carbocycles. The van der Waals surface area contributed by atoms with Crippen LogP contribution in [0.3, 0.4) is 0 Å². The maximum absolute atomic E-state index is 12.8. The molecule has 2 rings (SSSR count). The van der Waals surface area contributed by atoms with Gasteiger partial charge in [0.05, 0.1) is 5.75 Å². The van der Waals surface area contributed by atoms with Crippen LogP contribution in [-0.4, -0.2) is 35.4 Å². The Kier molecular flexibility index (Phi) is 8.01. The predicted molar refractivity (Wildman–Crippen MR) is 108 cm³/mol. The lowest BCUT2D eigenvalue weighted by atomic mass is 10.2. The van der Waals surface area contributed by atoms with Crippen molar-refractivity contribution in [2.75, 3.05) is 23.0 Å². The van der Waals surface area contributed by atoms with E-state index in [-0.39, 0.29) is 11.7 Å². The van der Waals surface area contributed by atoms with E-state index in [1.54, 1.807) is 19.1 Å². The van der Waals surface area contributed by atoms with Gasteiger partial charge in [-0.1, -0.05) is 17.7 Å². The largest absolute Gasteiger partial charge is 0.455 e. The Labute approximate surface area is 166 Å². The van der Waals surface area contributed by atoms with Crippen molar-refractivity contribution in [3.05, 3.63) is 59.9 Å². The van der Waals surface area contributed by atoms with E-state index in [1.165, 1.54) is 24.3 Å². The number of hydrogen-bond donors (Lipinski definition) is 2. The minimum absolute atomic E-state index is 0.0171. The maximum atomic E-state index is 12.8. The molecule has 6 nitrogen and oxygen atoms in total. The second-order valence-corrected chi connectivity index (χ2v) is 7.36. The van der Waals surface area contributed by atoms with Crippen LogP contribution < -0.4 is 10.6 Å². The van der Waals surface area contributed by atoms with Crippen molar-refractivity contribution in [2.24, 2.45) is 0 Å². The fraction of sp³-hybridized carbons (Fsp3) is 0.250. The number of carbonyl (C=O) groups is 3. The van der Waals surface area contributed by atoms with Crippen LogP contribution in [0.1, 0.15) is 12.5 Å². The second kappa shape index (κ2) is 10.5. The molecular formula is C20H21FN2O4S. The van der Waals surface area contributed by atoms with Crippen molar-refractivity contribution < 1.29 is 23.5 Å². The monoisotopic (exact) mass is 404 g/mol. The number of amides is 2. The second-order valence-electron chi connectivity index (χ2n) is 6.03. The average Bonchev–Trinajstić information content (AvgIpc) is 2.67. The van der Waals surface area contributed by atoms with Crippen LogP contribution in [0.25, 0.3) is 0 Å². The number of carbonyl (C=O) groups excluding carboxylic acids is 3. The van der Waals surface area contributed by atoms with E-state index in [0.29, 0.717) is 11.4 Å². The summed E-state index contributed by atoms with van der Waals surface area (Å²) in [6, 6.07) is 12.6. The summed E-state index contributed by atoms with van der Waals surface area (Å²) in [5.41, 5.74) is 2.15. The lowest BCUT2D eigenvalue weighted by Gasteiger charge is -2.12. The van der Waals surface area contributed by atoms with Crippen LogP contribution >= 0.6 is 11.8 Å². The average molecular weight is 404 g/mol. The molecule has 28 heavy (non-hydrogen) atoms. The molecule has 1 unspecified atom stereocenters. The summed E-state index contributed by atoms with van der Waals surface area (Å²) in [7, 11) is 0. The highest BCUT2D eigenvalue weighted by Gasteiger charge is 2.18. The van der Waals surface area contributed by atoms with Gasteiger partial charge in [0, 0.05) is 11.4 Å². The van der Waals surface area contributed by atoms with Crippen LogP contribution in [0.4, 0.5) is 15.8 Å². The first-order chi connectivity index (χ1) is 13.3. The van der Waals surface area contributed by atoms with E-state index in [2.05, 4.69) is 10.6 Å². The number of rotatable bonds is 8. The number of thioether (sulfide) groups is 1. The number of ether oxygens (including phenoxy) is 1. The normalized spacial score (nSPS) is 11.4. The Morgan fingerprint density at radius 1 is 0.964 bits per heavy atom. The molecule has 0 aromatic heterocycles. The van der Waals surface area contributed by atoms with Crippen molar-refractivity contribution in [3.63, 3.8) is 0 Å². The number of halogens is 1. The third-order valence-corrected chi connectivity index (χ3v) is 4.73. The van der Waals surface area contributed by atoms with Gasteiger partial charge in [-0.05, 0) is 50.2 Å². The molecule has 2 aromatic rings. The van der Waals surface area contributed by atoms with E-state index in [1.807, 2.05) is 19.1 Å². The van der Waals surface area contributed by atoms with Gasteiger partial charge < -0.3 is 15.4 Å². The van der Waals surface area contributed by atoms with Crippen LogP contribution in [-0.2, 0) is 19.1 Å². The smallest absolute Gasteiger partial charge is 0.319 e. The van der Waals surface area contributed by atoms with Gasteiger partial charge in [-0.15, -0.1) is 11.8 Å². The first-order valence-corrected chi connectivity index (χ1v) is 9.58. The molecule has 0 aliphatic carbocycles. The van der Waals surface area contributed by atoms with E-state index >= 15 is 0 Å². The Morgan fingerprint density at radius 2 is 1.50 bits per heavy atom. The molecule has 2 amide bonds. The molecule has 0 fully saturated rings. The third kappa shape index (κ3) is 7.40. The Morgan fingerprint density at radius 3 is 2.11 bits per heavy atom. The molecule has 1 atom stereocenters. The highest BCUT2D eigenvalue weighted by Crippen LogP contribution is 2.14. The van der Waals surface area contributed by atoms with Gasteiger partial charge in [0.2, 0.25) is 5.91 Å². The van der Waals surface area contributed by atoms with Gasteiger partial charge in [0.25, 0.3) is 5.91 Å². The molecule has 8 heteroatoms. The van der Waals surface area contributed by atoms with E-state index < -0.39 is 29.6 Å². The number of aryl methyl sites for hydroxylation is 1. The topological polar surface area (TPSA) is 84.5 Å². The fourth-order valence-electron chi connectivity index (χ4n) is 2.09. The van der Waals surface area contributed by atoms with Gasteiger partial charge in [-0.3, -0.25) is 14.4 Å². The molecule has 0 spiro atoms. The summed E-state index contributed by atoms with van der Waals surface area (Å²) in [5, 5.41) is 4.61. The summed E-state index contributed by atoms with van der Waals surface area (Å²) in [6.07, 6.45) is 0. The van der Waals surface area contributed by atoms with Crippen LogP contribution in [0.2, 0.25) is 0 Å². The number of benzene rings is 2. The minimum atomic E-state index is -0.619. The molecule has 0 heterocycles. The van der Waals surface area contributed by atoms with Crippen molar-refractivity contribution in [1.29, 1.82) is 0 Å². The summed E-state index contributed by atoms with van der Waals surface area (Å²) in [5.74, 6) is -1.73. The highest BCUT2D eigenvalue weighted by atomic mass is 32.2. The van der Waals surface area contributed by atoms with Crippen molar-refractivity contribution in [3.8, 4) is 0 Å². The number of esters is 1. The van der Waals surface area contributed by atoms with Crippen LogP contribution in [0.15, 0.2) is 48.5 Å². The molecule has 0 saturated carbocycles. The molecule has 0 saturated heterocycles. The molecule has 2 N–H and O–H groups in total. The molecule has 0 bridgehead atoms. The first-order valence-electron chi connectivity index (χ1n) is 8.53. The molecule has 0 aliphatic heterocycles. The van der Waals surface area contributed by atoms with Crippen molar-refractivity contribution >= 4 is 40.9 Å². The lowest BCUT2D eigenvalue weighted by molar-refractivity contribution is -0.146. The predicted octanol–water partition coefficient (Wildman–Crippen LogP) is 3.38. The highest BCUT2D eigenvalue weighted by molar-refractivity contribution is 8.01. The zero-order valence-corrected chi connectivity index (χ0v) is 16.3. The van der Waals surface area contributed by atoms with Gasteiger partial charge in [-0.25, -0.2) is 4.39 Å². The zero-order chi connectivity index (χ0) is 20.5. The Balaban J connectivity index is 1.68. The van der Waals surface area contributed by atoms with Crippen LogP contribution in [0.5, 0.6) is 0 Å². The number of hydrogen-bond acceptors (Lipinski definition) is 5. The van der Waals surface area contributed by atoms with E-state index in [0.717, 1.165) is 17.3 Å². The zero-order valence-electron chi connectivity index (χ0n) is 15.5. The summed E-state index contributed by atoms with van der Waals surface area (Å²) in [6.45, 7) is 3.13. The molecule has 0 aliphatic rings. The van der Waals surface area contributed by atoms with Crippen LogP contribution in [0, 0.1) is 12.7 Å². The fourth-order valence-corrected chi connectivity index (χ4v) is 2.76. The summed E-state index contributed by atoms with van der Waals surface area (Å²) in [4.78, 5) is 35.7. The van der Waals surface area contributed by atoms with Gasteiger partial charge in [0.15, 0.2) is 6.61 Å². The molecule has 148 valence electrons. The molecular weight excluding hydrogens is 383 g/mol. The lowest BCUT2D eigenvalue weighted by Crippen LogP contribution is -2.26. The SMILES string of the molecule is Cc1ccc(NC(=O)COC(=O)C(C)SCC(=O)Nc2ccc(F)cc2)cc1. The van der Waals surface area contributed by atoms with E-state index in [4.69, 9.17) is 4.74 Å².